The van der Waals surface area contributed by atoms with Crippen molar-refractivity contribution in [3.05, 3.63) is 53.1 Å². The van der Waals surface area contributed by atoms with Crippen LogP contribution in [0.2, 0.25) is 5.02 Å². The number of fused-ring (bicyclic) bond motifs is 1. The molecular weight excluding hydrogens is 246 g/mol. The molecule has 3 aromatic rings. The number of benzene rings is 2. The molecule has 0 saturated heterocycles. The van der Waals surface area contributed by atoms with Crippen molar-refractivity contribution >= 4 is 28.6 Å². The van der Waals surface area contributed by atoms with Crippen molar-refractivity contribution in [2.45, 2.75) is 6.92 Å². The van der Waals surface area contributed by atoms with Gasteiger partial charge in [0.15, 0.2) is 0 Å². The van der Waals surface area contributed by atoms with E-state index in [0.717, 1.165) is 22.3 Å². The molecule has 2 N–H and O–H groups in total. The number of nitrogen functional groups attached to an aromatic ring is 1. The molecule has 90 valence electrons. The van der Waals surface area contributed by atoms with Crippen molar-refractivity contribution in [3.8, 4) is 5.69 Å². The van der Waals surface area contributed by atoms with Gasteiger partial charge in [-0.25, -0.2) is 4.98 Å². The molecule has 0 atom stereocenters. The van der Waals surface area contributed by atoms with Crippen LogP contribution in [-0.4, -0.2) is 9.55 Å². The normalized spacial score (nSPS) is 11.0. The largest absolute Gasteiger partial charge is 0.369 e. The van der Waals surface area contributed by atoms with Gasteiger partial charge in [-0.2, -0.15) is 0 Å². The molecule has 3 rings (SSSR count). The van der Waals surface area contributed by atoms with Crippen LogP contribution >= 0.6 is 11.6 Å². The number of nitrogens with two attached hydrogens (primary N) is 1. The van der Waals surface area contributed by atoms with Crippen molar-refractivity contribution < 1.29 is 0 Å². The Bertz CT molecular complexity index is 711. The summed E-state index contributed by atoms with van der Waals surface area (Å²) >= 11 is 6.29. The Morgan fingerprint density at radius 2 is 1.89 bits per heavy atom. The van der Waals surface area contributed by atoms with Crippen LogP contribution in [0.4, 0.5) is 5.95 Å². The zero-order valence-electron chi connectivity index (χ0n) is 9.89. The van der Waals surface area contributed by atoms with E-state index in [9.17, 15) is 0 Å². The highest BCUT2D eigenvalue weighted by molar-refractivity contribution is 6.32. The standard InChI is InChI=1S/C14H12ClN3/c1-9-5-4-6-10(15)13(9)18-12-8-3-2-7-11(12)17-14(18)16/h2-8H,1H3,(H2,16,17). The summed E-state index contributed by atoms with van der Waals surface area (Å²) in [6.07, 6.45) is 0. The van der Waals surface area contributed by atoms with Gasteiger partial charge in [-0.1, -0.05) is 35.9 Å². The van der Waals surface area contributed by atoms with Gasteiger partial charge in [-0.3, -0.25) is 4.57 Å². The van der Waals surface area contributed by atoms with E-state index in [1.807, 2.05) is 54.0 Å². The van der Waals surface area contributed by atoms with Crippen LogP contribution in [0.15, 0.2) is 42.5 Å². The van der Waals surface area contributed by atoms with E-state index in [-0.39, 0.29) is 0 Å². The quantitative estimate of drug-likeness (QED) is 0.724. The van der Waals surface area contributed by atoms with Gasteiger partial charge in [0.1, 0.15) is 0 Å². The van der Waals surface area contributed by atoms with Crippen molar-refractivity contribution in [1.82, 2.24) is 9.55 Å². The van der Waals surface area contributed by atoms with Crippen LogP contribution in [0.3, 0.4) is 0 Å². The molecular formula is C14H12ClN3. The molecule has 4 heteroatoms. The number of hydrogen-bond donors (Lipinski definition) is 1. The maximum absolute atomic E-state index is 6.29. The lowest BCUT2D eigenvalue weighted by Crippen LogP contribution is -2.03. The highest BCUT2D eigenvalue weighted by atomic mass is 35.5. The summed E-state index contributed by atoms with van der Waals surface area (Å²) in [5, 5.41) is 0.671. The minimum atomic E-state index is 0.451. The SMILES string of the molecule is Cc1cccc(Cl)c1-n1c(N)nc2ccccc21. The highest BCUT2D eigenvalue weighted by Gasteiger charge is 2.13. The maximum atomic E-state index is 6.29. The molecule has 0 unspecified atom stereocenters. The Morgan fingerprint density at radius 3 is 2.67 bits per heavy atom. The average Bonchev–Trinajstić information content (AvgIpc) is 2.66. The lowest BCUT2D eigenvalue weighted by Gasteiger charge is -2.11. The third-order valence-electron chi connectivity index (χ3n) is 3.00. The predicted molar refractivity (Wildman–Crippen MR) is 75.2 cm³/mol. The zero-order chi connectivity index (χ0) is 12.7. The predicted octanol–water partition coefficient (Wildman–Crippen LogP) is 3.57. The fourth-order valence-electron chi connectivity index (χ4n) is 2.19. The number of hydrogen-bond acceptors (Lipinski definition) is 2. The summed E-state index contributed by atoms with van der Waals surface area (Å²) in [4.78, 5) is 4.35. The molecule has 0 saturated carbocycles. The first-order valence-corrected chi connectivity index (χ1v) is 6.05. The molecule has 0 bridgehead atoms. The summed E-state index contributed by atoms with van der Waals surface area (Å²) < 4.78 is 1.90. The van der Waals surface area contributed by atoms with Crippen molar-refractivity contribution in [3.63, 3.8) is 0 Å². The van der Waals surface area contributed by atoms with Crippen molar-refractivity contribution in [1.29, 1.82) is 0 Å². The first-order chi connectivity index (χ1) is 8.68. The summed E-state index contributed by atoms with van der Waals surface area (Å²) in [7, 11) is 0. The third-order valence-corrected chi connectivity index (χ3v) is 3.30. The average molecular weight is 258 g/mol. The molecule has 0 radical (unpaired) electrons. The van der Waals surface area contributed by atoms with Crippen LogP contribution in [0, 0.1) is 6.92 Å². The fraction of sp³-hybridized carbons (Fsp3) is 0.0714. The second-order valence-corrected chi connectivity index (χ2v) is 4.61. The molecule has 0 aliphatic rings. The van der Waals surface area contributed by atoms with Crippen LogP contribution in [0.5, 0.6) is 0 Å². The number of anilines is 1. The van der Waals surface area contributed by atoms with Gasteiger partial charge < -0.3 is 5.73 Å². The monoisotopic (exact) mass is 257 g/mol. The maximum Gasteiger partial charge on any atom is 0.205 e. The number of rotatable bonds is 1. The lowest BCUT2D eigenvalue weighted by molar-refractivity contribution is 1.09. The molecule has 0 aliphatic carbocycles. The van der Waals surface area contributed by atoms with Crippen LogP contribution in [0.1, 0.15) is 5.56 Å². The zero-order valence-corrected chi connectivity index (χ0v) is 10.6. The summed E-state index contributed by atoms with van der Waals surface area (Å²) in [5.74, 6) is 0.451. The number of halogens is 1. The van der Waals surface area contributed by atoms with Gasteiger partial charge in [0.25, 0.3) is 0 Å². The van der Waals surface area contributed by atoms with Gasteiger partial charge in [-0.15, -0.1) is 0 Å². The molecule has 0 spiro atoms. The molecule has 1 aromatic heterocycles. The van der Waals surface area contributed by atoms with Gasteiger partial charge >= 0.3 is 0 Å². The third kappa shape index (κ3) is 1.56. The van der Waals surface area contributed by atoms with Crippen molar-refractivity contribution in [2.24, 2.45) is 0 Å². The van der Waals surface area contributed by atoms with E-state index in [4.69, 9.17) is 17.3 Å². The van der Waals surface area contributed by atoms with E-state index < -0.39 is 0 Å². The van der Waals surface area contributed by atoms with Crippen LogP contribution in [-0.2, 0) is 0 Å². The van der Waals surface area contributed by atoms with Gasteiger partial charge in [0.2, 0.25) is 5.95 Å². The topological polar surface area (TPSA) is 43.8 Å². The van der Waals surface area contributed by atoms with E-state index >= 15 is 0 Å². The van der Waals surface area contributed by atoms with E-state index in [1.54, 1.807) is 0 Å². The number of aromatic nitrogens is 2. The van der Waals surface area contributed by atoms with E-state index in [0.29, 0.717) is 11.0 Å². The highest BCUT2D eigenvalue weighted by Crippen LogP contribution is 2.30. The second-order valence-electron chi connectivity index (χ2n) is 4.20. The number of imidazole rings is 1. The van der Waals surface area contributed by atoms with E-state index in [1.165, 1.54) is 0 Å². The molecule has 0 fully saturated rings. The molecule has 2 aromatic carbocycles. The molecule has 0 aliphatic heterocycles. The molecule has 3 nitrogen and oxygen atoms in total. The van der Waals surface area contributed by atoms with Gasteiger partial charge in [0.05, 0.1) is 21.7 Å². The minimum Gasteiger partial charge on any atom is -0.369 e. The van der Waals surface area contributed by atoms with E-state index in [2.05, 4.69) is 4.98 Å². The second kappa shape index (κ2) is 4.03. The fourth-order valence-corrected chi connectivity index (χ4v) is 2.49. The van der Waals surface area contributed by atoms with Crippen molar-refractivity contribution in [2.75, 3.05) is 5.73 Å². The van der Waals surface area contributed by atoms with Crippen LogP contribution < -0.4 is 5.73 Å². The Labute approximate surface area is 110 Å². The van der Waals surface area contributed by atoms with Crippen LogP contribution in [0.25, 0.3) is 16.7 Å². The first-order valence-electron chi connectivity index (χ1n) is 5.67. The Hall–Kier alpha value is -2.00. The first kappa shape index (κ1) is 11.1. The molecule has 0 amide bonds. The Balaban J connectivity index is 2.42. The van der Waals surface area contributed by atoms with Gasteiger partial charge in [-0.05, 0) is 30.7 Å². The van der Waals surface area contributed by atoms with Gasteiger partial charge in [0, 0.05) is 0 Å². The summed E-state index contributed by atoms with van der Waals surface area (Å²) in [5.41, 5.74) is 9.81. The summed E-state index contributed by atoms with van der Waals surface area (Å²) in [6, 6.07) is 13.6. The Kier molecular flexibility index (Phi) is 2.49. The number of aryl methyl sites for hydroxylation is 1. The summed E-state index contributed by atoms with van der Waals surface area (Å²) in [6.45, 7) is 2.01. The Morgan fingerprint density at radius 1 is 1.11 bits per heavy atom. The lowest BCUT2D eigenvalue weighted by atomic mass is 10.2. The number of nitrogens with zero attached hydrogens (tertiary/aromatic N) is 2. The molecule has 1 heterocycles. The minimum absolute atomic E-state index is 0.451. The molecule has 18 heavy (non-hydrogen) atoms. The number of para-hydroxylation sites is 3. The smallest absolute Gasteiger partial charge is 0.205 e.